The van der Waals surface area contributed by atoms with Gasteiger partial charge in [0.1, 0.15) is 5.69 Å². The lowest BCUT2D eigenvalue weighted by Gasteiger charge is -1.97. The maximum atomic E-state index is 10.7. The Morgan fingerprint density at radius 1 is 1.69 bits per heavy atom. The average Bonchev–Trinajstić information content (AvgIpc) is 2.26. The van der Waals surface area contributed by atoms with Crippen LogP contribution in [0.2, 0.25) is 5.02 Å². The third-order valence-electron chi connectivity index (χ3n) is 1.90. The van der Waals surface area contributed by atoms with Gasteiger partial charge in [0.25, 0.3) is 5.69 Å². The van der Waals surface area contributed by atoms with Crippen molar-refractivity contribution >= 4 is 23.4 Å². The van der Waals surface area contributed by atoms with Gasteiger partial charge >= 0.3 is 0 Å². The highest BCUT2D eigenvalue weighted by atomic mass is 35.5. The summed E-state index contributed by atoms with van der Waals surface area (Å²) < 4.78 is 0. The van der Waals surface area contributed by atoms with Crippen LogP contribution >= 0.6 is 11.6 Å². The van der Waals surface area contributed by atoms with Gasteiger partial charge in [0.2, 0.25) is 0 Å². The van der Waals surface area contributed by atoms with Gasteiger partial charge in [-0.1, -0.05) is 17.7 Å². The summed E-state index contributed by atoms with van der Waals surface area (Å²) in [6.45, 7) is 0.817. The summed E-state index contributed by atoms with van der Waals surface area (Å²) in [5.74, 6) is 0. The Balaban J connectivity index is 2.86. The van der Waals surface area contributed by atoms with Gasteiger partial charge in [-0.2, -0.15) is 0 Å². The van der Waals surface area contributed by atoms with Crippen LogP contribution in [0.3, 0.4) is 0 Å². The smallest absolute Gasteiger partial charge is 0.296 e. The van der Waals surface area contributed by atoms with Crippen LogP contribution in [0, 0.1) is 10.1 Å². The van der Waals surface area contributed by atoms with Gasteiger partial charge in [-0.05, 0) is 26.1 Å². The molecule has 0 unspecified atom stereocenters. The summed E-state index contributed by atoms with van der Waals surface area (Å²) in [6, 6.07) is 1.30. The zero-order valence-corrected chi connectivity index (χ0v) is 9.57. The first-order chi connectivity index (χ1) is 7.65. The molecule has 16 heavy (non-hydrogen) atoms. The van der Waals surface area contributed by atoms with Crippen molar-refractivity contribution in [3.8, 4) is 0 Å². The van der Waals surface area contributed by atoms with Crippen molar-refractivity contribution in [3.63, 3.8) is 0 Å². The second-order valence-corrected chi connectivity index (χ2v) is 3.55. The predicted molar refractivity (Wildman–Crippen MR) is 63.5 cm³/mol. The molecule has 6 heteroatoms. The van der Waals surface area contributed by atoms with Gasteiger partial charge in [-0.25, -0.2) is 4.98 Å². The van der Waals surface area contributed by atoms with Gasteiger partial charge in [0.05, 0.1) is 9.95 Å². The van der Waals surface area contributed by atoms with E-state index in [1.807, 2.05) is 13.1 Å². The number of halogens is 1. The molecule has 0 aliphatic heterocycles. The average molecular weight is 242 g/mol. The molecule has 0 bridgehead atoms. The number of aromatic nitrogens is 1. The second kappa shape index (κ2) is 6.19. The van der Waals surface area contributed by atoms with Crippen LogP contribution in [0.5, 0.6) is 0 Å². The van der Waals surface area contributed by atoms with Crippen molar-refractivity contribution in [3.05, 3.63) is 39.2 Å². The van der Waals surface area contributed by atoms with E-state index in [1.165, 1.54) is 12.3 Å². The van der Waals surface area contributed by atoms with E-state index in [0.717, 1.165) is 13.0 Å². The van der Waals surface area contributed by atoms with E-state index >= 15 is 0 Å². The van der Waals surface area contributed by atoms with Gasteiger partial charge in [-0.3, -0.25) is 10.1 Å². The Morgan fingerprint density at radius 2 is 2.44 bits per heavy atom. The summed E-state index contributed by atoms with van der Waals surface area (Å²) >= 11 is 5.64. The SMILES string of the molecule is CNCCC=Cc1ncc(Cl)cc1[N+](=O)[O-]. The minimum atomic E-state index is -0.489. The summed E-state index contributed by atoms with van der Waals surface area (Å²) in [7, 11) is 1.84. The van der Waals surface area contributed by atoms with E-state index in [2.05, 4.69) is 10.3 Å². The summed E-state index contributed by atoms with van der Waals surface area (Å²) in [6.07, 6.45) is 5.65. The van der Waals surface area contributed by atoms with Crippen molar-refractivity contribution in [2.75, 3.05) is 13.6 Å². The van der Waals surface area contributed by atoms with Crippen LogP contribution in [0.4, 0.5) is 5.69 Å². The molecule has 0 saturated carbocycles. The first-order valence-corrected chi connectivity index (χ1v) is 5.14. The summed E-state index contributed by atoms with van der Waals surface area (Å²) in [5, 5.41) is 14.0. The van der Waals surface area contributed by atoms with Crippen LogP contribution < -0.4 is 5.32 Å². The molecule has 0 aliphatic carbocycles. The lowest BCUT2D eigenvalue weighted by Crippen LogP contribution is -2.05. The van der Waals surface area contributed by atoms with E-state index < -0.39 is 4.92 Å². The Bertz CT molecular complexity index is 407. The molecule has 1 heterocycles. The number of nitrogens with one attached hydrogen (secondary N) is 1. The monoisotopic (exact) mass is 241 g/mol. The Morgan fingerprint density at radius 3 is 3.06 bits per heavy atom. The van der Waals surface area contributed by atoms with Crippen molar-refractivity contribution in [2.45, 2.75) is 6.42 Å². The van der Waals surface area contributed by atoms with Gasteiger partial charge in [-0.15, -0.1) is 0 Å². The Kier molecular flexibility index (Phi) is 4.88. The highest BCUT2D eigenvalue weighted by Crippen LogP contribution is 2.21. The first kappa shape index (κ1) is 12.6. The Hall–Kier alpha value is -1.46. The standard InChI is InChI=1S/C10H12ClN3O2/c1-12-5-3-2-4-9-10(14(15)16)6-8(11)7-13-9/h2,4,6-7,12H,3,5H2,1H3. The summed E-state index contributed by atoms with van der Waals surface area (Å²) in [5.41, 5.74) is 0.249. The maximum absolute atomic E-state index is 10.7. The molecule has 1 aromatic rings. The topological polar surface area (TPSA) is 68.1 Å². The molecular formula is C10H12ClN3O2. The summed E-state index contributed by atoms with van der Waals surface area (Å²) in [4.78, 5) is 14.2. The predicted octanol–water partition coefficient (Wildman–Crippen LogP) is 2.27. The molecule has 1 N–H and O–H groups in total. The molecule has 0 saturated heterocycles. The number of hydrogen-bond donors (Lipinski definition) is 1. The van der Waals surface area contributed by atoms with Crippen LogP contribution in [-0.4, -0.2) is 23.5 Å². The second-order valence-electron chi connectivity index (χ2n) is 3.11. The van der Waals surface area contributed by atoms with Crippen molar-refractivity contribution in [2.24, 2.45) is 0 Å². The molecule has 0 atom stereocenters. The fourth-order valence-corrected chi connectivity index (χ4v) is 1.29. The molecule has 1 rings (SSSR count). The number of rotatable bonds is 5. The van der Waals surface area contributed by atoms with Crippen molar-refractivity contribution < 1.29 is 4.92 Å². The maximum Gasteiger partial charge on any atom is 0.296 e. The number of nitro groups is 1. The number of nitrogens with zero attached hydrogens (tertiary/aromatic N) is 2. The molecule has 86 valence electrons. The molecule has 0 radical (unpaired) electrons. The quantitative estimate of drug-likeness (QED) is 0.488. The zero-order valence-electron chi connectivity index (χ0n) is 8.81. The van der Waals surface area contributed by atoms with E-state index in [9.17, 15) is 10.1 Å². The fraction of sp³-hybridized carbons (Fsp3) is 0.300. The van der Waals surface area contributed by atoms with Crippen molar-refractivity contribution in [1.29, 1.82) is 0 Å². The molecule has 0 amide bonds. The van der Waals surface area contributed by atoms with Crippen LogP contribution in [-0.2, 0) is 0 Å². The normalized spacial score (nSPS) is 10.9. The molecule has 0 fully saturated rings. The molecule has 0 aliphatic rings. The molecule has 0 aromatic carbocycles. The number of pyridine rings is 1. The third kappa shape index (κ3) is 3.60. The van der Waals surface area contributed by atoms with Gasteiger partial charge < -0.3 is 5.32 Å². The van der Waals surface area contributed by atoms with E-state index in [4.69, 9.17) is 11.6 Å². The lowest BCUT2D eigenvalue weighted by atomic mass is 10.2. The van der Waals surface area contributed by atoms with Gasteiger partial charge in [0, 0.05) is 12.3 Å². The zero-order chi connectivity index (χ0) is 12.0. The van der Waals surface area contributed by atoms with Crippen molar-refractivity contribution in [1.82, 2.24) is 10.3 Å². The molecule has 5 nitrogen and oxygen atoms in total. The molecule has 1 aromatic heterocycles. The van der Waals surface area contributed by atoms with Crippen LogP contribution in [0.25, 0.3) is 6.08 Å². The van der Waals surface area contributed by atoms with Gasteiger partial charge in [0.15, 0.2) is 0 Å². The van der Waals surface area contributed by atoms with Crippen LogP contribution in [0.15, 0.2) is 18.3 Å². The molecular weight excluding hydrogens is 230 g/mol. The van der Waals surface area contributed by atoms with E-state index in [1.54, 1.807) is 6.08 Å². The molecule has 0 spiro atoms. The first-order valence-electron chi connectivity index (χ1n) is 4.76. The number of hydrogen-bond acceptors (Lipinski definition) is 4. The third-order valence-corrected chi connectivity index (χ3v) is 2.10. The largest absolute Gasteiger partial charge is 0.319 e. The lowest BCUT2D eigenvalue weighted by molar-refractivity contribution is -0.385. The van der Waals surface area contributed by atoms with E-state index in [-0.39, 0.29) is 10.7 Å². The minimum Gasteiger partial charge on any atom is -0.319 e. The highest BCUT2D eigenvalue weighted by Gasteiger charge is 2.12. The Labute approximate surface area is 98.3 Å². The fourth-order valence-electron chi connectivity index (χ4n) is 1.14. The van der Waals surface area contributed by atoms with E-state index in [0.29, 0.717) is 5.69 Å². The van der Waals surface area contributed by atoms with Crippen LogP contribution in [0.1, 0.15) is 12.1 Å². The highest BCUT2D eigenvalue weighted by molar-refractivity contribution is 6.30. The minimum absolute atomic E-state index is 0.0757.